The standard InChI is InChI=1S/C14H20N4OS2/c1-2-3-6-12-17-18-14(21-12)16-9-10-8-15-13(20-10)11-5-4-7-19-11/h8,11H,2-7,9H2,1H3,(H,16,18). The maximum absolute atomic E-state index is 5.66. The van der Waals surface area contributed by atoms with E-state index in [1.807, 2.05) is 6.20 Å². The Morgan fingerprint density at radius 3 is 3.14 bits per heavy atom. The van der Waals surface area contributed by atoms with Gasteiger partial charge in [0.15, 0.2) is 0 Å². The number of unbranched alkanes of at least 4 members (excludes halogenated alkanes) is 1. The Morgan fingerprint density at radius 2 is 2.33 bits per heavy atom. The second-order valence-electron chi connectivity index (χ2n) is 5.12. The number of ether oxygens (including phenoxy) is 1. The molecule has 0 saturated carbocycles. The zero-order valence-electron chi connectivity index (χ0n) is 12.2. The lowest BCUT2D eigenvalue weighted by Crippen LogP contribution is -1.96. The number of aryl methyl sites for hydroxylation is 1. The molecule has 0 aliphatic carbocycles. The smallest absolute Gasteiger partial charge is 0.205 e. The molecule has 1 fully saturated rings. The maximum atomic E-state index is 5.66. The number of thiazole rings is 1. The molecular formula is C14H20N4OS2. The van der Waals surface area contributed by atoms with Crippen molar-refractivity contribution in [2.75, 3.05) is 11.9 Å². The largest absolute Gasteiger partial charge is 0.371 e. The van der Waals surface area contributed by atoms with Gasteiger partial charge in [-0.1, -0.05) is 24.7 Å². The lowest BCUT2D eigenvalue weighted by Gasteiger charge is -2.03. The molecule has 3 rings (SSSR count). The predicted octanol–water partition coefficient (Wildman–Crippen LogP) is 3.80. The third-order valence-electron chi connectivity index (χ3n) is 3.40. The van der Waals surface area contributed by atoms with Gasteiger partial charge in [0.05, 0.1) is 6.54 Å². The van der Waals surface area contributed by atoms with E-state index in [0.29, 0.717) is 0 Å². The van der Waals surface area contributed by atoms with Gasteiger partial charge in [0.25, 0.3) is 0 Å². The molecule has 0 spiro atoms. The first-order chi connectivity index (χ1) is 10.3. The highest BCUT2D eigenvalue weighted by Crippen LogP contribution is 2.31. The molecule has 1 aliphatic rings. The van der Waals surface area contributed by atoms with Gasteiger partial charge in [-0.2, -0.15) is 0 Å². The van der Waals surface area contributed by atoms with E-state index in [0.717, 1.165) is 47.6 Å². The molecule has 0 bridgehead atoms. The quantitative estimate of drug-likeness (QED) is 0.839. The summed E-state index contributed by atoms with van der Waals surface area (Å²) in [5.41, 5.74) is 0. The first kappa shape index (κ1) is 14.9. The van der Waals surface area contributed by atoms with Crippen molar-refractivity contribution in [3.05, 3.63) is 21.1 Å². The minimum atomic E-state index is 0.214. The average Bonchev–Trinajstić information content (AvgIpc) is 3.22. The molecule has 1 saturated heterocycles. The van der Waals surface area contributed by atoms with Crippen LogP contribution in [0.2, 0.25) is 0 Å². The second kappa shape index (κ2) is 7.29. The van der Waals surface area contributed by atoms with Crippen LogP contribution in [0.4, 0.5) is 5.13 Å². The highest BCUT2D eigenvalue weighted by Gasteiger charge is 2.20. The van der Waals surface area contributed by atoms with Gasteiger partial charge in [-0.25, -0.2) is 4.98 Å². The van der Waals surface area contributed by atoms with Crippen molar-refractivity contribution in [1.29, 1.82) is 0 Å². The van der Waals surface area contributed by atoms with Crippen LogP contribution in [-0.4, -0.2) is 21.8 Å². The monoisotopic (exact) mass is 324 g/mol. The van der Waals surface area contributed by atoms with Gasteiger partial charge in [0.2, 0.25) is 5.13 Å². The van der Waals surface area contributed by atoms with E-state index in [-0.39, 0.29) is 6.10 Å². The number of rotatable bonds is 7. The Kier molecular flexibility index (Phi) is 5.16. The van der Waals surface area contributed by atoms with Crippen molar-refractivity contribution >= 4 is 27.8 Å². The van der Waals surface area contributed by atoms with E-state index in [2.05, 4.69) is 27.4 Å². The Hall–Kier alpha value is -1.05. The fourth-order valence-corrected chi connectivity index (χ4v) is 3.96. The molecule has 0 amide bonds. The Balaban J connectivity index is 1.51. The van der Waals surface area contributed by atoms with E-state index in [4.69, 9.17) is 4.74 Å². The fourth-order valence-electron chi connectivity index (χ4n) is 2.24. The highest BCUT2D eigenvalue weighted by molar-refractivity contribution is 7.15. The van der Waals surface area contributed by atoms with E-state index in [9.17, 15) is 0 Å². The topological polar surface area (TPSA) is 59.9 Å². The van der Waals surface area contributed by atoms with Crippen molar-refractivity contribution < 1.29 is 4.74 Å². The van der Waals surface area contributed by atoms with Crippen LogP contribution in [0, 0.1) is 0 Å². The minimum absolute atomic E-state index is 0.214. The normalized spacial score (nSPS) is 18.2. The van der Waals surface area contributed by atoms with Gasteiger partial charge in [-0.3, -0.25) is 0 Å². The summed E-state index contributed by atoms with van der Waals surface area (Å²) < 4.78 is 5.66. The predicted molar refractivity (Wildman–Crippen MR) is 85.9 cm³/mol. The SMILES string of the molecule is CCCCc1nnc(NCc2cnc(C3CCCO3)s2)s1. The van der Waals surface area contributed by atoms with Crippen molar-refractivity contribution in [3.8, 4) is 0 Å². The van der Waals surface area contributed by atoms with Gasteiger partial charge in [0, 0.05) is 24.1 Å². The van der Waals surface area contributed by atoms with Crippen LogP contribution in [-0.2, 0) is 17.7 Å². The summed E-state index contributed by atoms with van der Waals surface area (Å²) in [6.07, 6.45) is 7.78. The fraction of sp³-hybridized carbons (Fsp3) is 0.643. The average molecular weight is 324 g/mol. The van der Waals surface area contributed by atoms with Crippen LogP contribution in [0.5, 0.6) is 0 Å². The summed E-state index contributed by atoms with van der Waals surface area (Å²) in [7, 11) is 0. The highest BCUT2D eigenvalue weighted by atomic mass is 32.1. The van der Waals surface area contributed by atoms with Gasteiger partial charge in [-0.15, -0.1) is 21.5 Å². The molecule has 2 aromatic heterocycles. The van der Waals surface area contributed by atoms with Gasteiger partial charge in [-0.05, 0) is 19.3 Å². The molecule has 7 heteroatoms. The molecule has 0 aromatic carbocycles. The van der Waals surface area contributed by atoms with Crippen LogP contribution in [0.3, 0.4) is 0 Å². The Labute approximate surface area is 132 Å². The molecule has 1 aliphatic heterocycles. The van der Waals surface area contributed by atoms with Crippen LogP contribution in [0.25, 0.3) is 0 Å². The van der Waals surface area contributed by atoms with Crippen molar-refractivity contribution in [2.45, 2.75) is 51.7 Å². The zero-order valence-corrected chi connectivity index (χ0v) is 13.8. The van der Waals surface area contributed by atoms with Gasteiger partial charge >= 0.3 is 0 Å². The lowest BCUT2D eigenvalue weighted by atomic mass is 10.2. The number of anilines is 1. The molecule has 0 radical (unpaired) electrons. The Bertz CT molecular complexity index is 563. The molecule has 1 unspecified atom stereocenters. The van der Waals surface area contributed by atoms with Crippen LogP contribution >= 0.6 is 22.7 Å². The van der Waals surface area contributed by atoms with Crippen LogP contribution in [0.1, 0.15) is 53.6 Å². The summed E-state index contributed by atoms with van der Waals surface area (Å²) >= 11 is 3.38. The first-order valence-corrected chi connectivity index (χ1v) is 9.11. The lowest BCUT2D eigenvalue weighted by molar-refractivity contribution is 0.111. The minimum Gasteiger partial charge on any atom is -0.371 e. The van der Waals surface area contributed by atoms with Crippen molar-refractivity contribution in [3.63, 3.8) is 0 Å². The molecular weight excluding hydrogens is 304 g/mol. The summed E-state index contributed by atoms with van der Waals surface area (Å²) in [6, 6.07) is 0. The first-order valence-electron chi connectivity index (χ1n) is 7.47. The molecule has 5 nitrogen and oxygen atoms in total. The Morgan fingerprint density at radius 1 is 1.38 bits per heavy atom. The number of hydrogen-bond donors (Lipinski definition) is 1. The van der Waals surface area contributed by atoms with E-state index >= 15 is 0 Å². The number of nitrogens with one attached hydrogen (secondary N) is 1. The van der Waals surface area contributed by atoms with Crippen LogP contribution in [0.15, 0.2) is 6.20 Å². The van der Waals surface area contributed by atoms with Crippen molar-refractivity contribution in [1.82, 2.24) is 15.2 Å². The van der Waals surface area contributed by atoms with E-state index in [1.165, 1.54) is 17.7 Å². The molecule has 1 atom stereocenters. The summed E-state index contributed by atoms with van der Waals surface area (Å²) in [6.45, 7) is 3.81. The van der Waals surface area contributed by atoms with Crippen LogP contribution < -0.4 is 5.32 Å². The molecule has 2 aromatic rings. The summed E-state index contributed by atoms with van der Waals surface area (Å²) in [4.78, 5) is 5.69. The molecule has 1 N–H and O–H groups in total. The number of aromatic nitrogens is 3. The molecule has 114 valence electrons. The third kappa shape index (κ3) is 3.99. The molecule has 3 heterocycles. The van der Waals surface area contributed by atoms with Gasteiger partial charge in [0.1, 0.15) is 16.1 Å². The molecule has 21 heavy (non-hydrogen) atoms. The second-order valence-corrected chi connectivity index (χ2v) is 7.33. The van der Waals surface area contributed by atoms with E-state index in [1.54, 1.807) is 22.7 Å². The number of nitrogens with zero attached hydrogens (tertiary/aromatic N) is 3. The van der Waals surface area contributed by atoms with Crippen molar-refractivity contribution in [2.24, 2.45) is 0 Å². The zero-order chi connectivity index (χ0) is 14.5. The third-order valence-corrected chi connectivity index (χ3v) is 5.43. The van der Waals surface area contributed by atoms with E-state index < -0.39 is 0 Å². The summed E-state index contributed by atoms with van der Waals surface area (Å²) in [5.74, 6) is 0. The summed E-state index contributed by atoms with van der Waals surface area (Å²) in [5, 5.41) is 14.8. The maximum Gasteiger partial charge on any atom is 0.205 e. The number of hydrogen-bond acceptors (Lipinski definition) is 7. The van der Waals surface area contributed by atoms with Gasteiger partial charge < -0.3 is 10.1 Å².